The van der Waals surface area contributed by atoms with Crippen molar-refractivity contribution in [3.8, 4) is 5.75 Å². The Morgan fingerprint density at radius 3 is 2.92 bits per heavy atom. The Hall–Kier alpha value is -0.730. The minimum absolute atomic E-state index is 0. The molecule has 0 amide bonds. The zero-order valence-corrected chi connectivity index (χ0v) is 18.0. The van der Waals surface area contributed by atoms with Gasteiger partial charge in [-0.3, -0.25) is 4.99 Å². The summed E-state index contributed by atoms with van der Waals surface area (Å²) >= 11 is 6.30. The summed E-state index contributed by atoms with van der Waals surface area (Å²) in [6, 6.07) is 5.82. The van der Waals surface area contributed by atoms with Gasteiger partial charge < -0.3 is 19.7 Å². The van der Waals surface area contributed by atoms with Crippen LogP contribution in [0.2, 0.25) is 5.02 Å². The quantitative estimate of drug-likeness (QED) is 0.409. The first kappa shape index (κ1) is 20.6. The molecule has 0 radical (unpaired) electrons. The van der Waals surface area contributed by atoms with Crippen LogP contribution in [0.25, 0.3) is 0 Å². The van der Waals surface area contributed by atoms with Crippen LogP contribution in [0.1, 0.15) is 18.4 Å². The van der Waals surface area contributed by atoms with Gasteiger partial charge in [-0.05, 0) is 37.0 Å². The molecule has 2 fully saturated rings. The second-order valence-electron chi connectivity index (χ2n) is 6.66. The maximum absolute atomic E-state index is 6.30. The molecule has 1 aromatic carbocycles. The molecule has 2 heterocycles. The summed E-state index contributed by atoms with van der Waals surface area (Å²) in [6.07, 6.45) is 3.21. The van der Waals surface area contributed by atoms with Gasteiger partial charge >= 0.3 is 0 Å². The molecular weight excluding hydrogens is 453 g/mol. The first-order valence-corrected chi connectivity index (χ1v) is 8.89. The van der Waals surface area contributed by atoms with Crippen molar-refractivity contribution in [2.45, 2.75) is 19.3 Å². The van der Waals surface area contributed by atoms with E-state index in [1.54, 1.807) is 7.11 Å². The highest BCUT2D eigenvalue weighted by molar-refractivity contribution is 14.0. The number of hydrogen-bond donors (Lipinski definition) is 1. The molecule has 0 saturated carbocycles. The third-order valence-corrected chi connectivity index (χ3v) is 5.42. The van der Waals surface area contributed by atoms with Gasteiger partial charge in [0, 0.05) is 43.7 Å². The van der Waals surface area contributed by atoms with Crippen molar-refractivity contribution in [3.05, 3.63) is 28.8 Å². The molecule has 0 aromatic heterocycles. The average Bonchev–Trinajstić information content (AvgIpc) is 3.23. The number of ether oxygens (including phenoxy) is 2. The van der Waals surface area contributed by atoms with Crippen LogP contribution in [-0.2, 0) is 11.2 Å². The summed E-state index contributed by atoms with van der Waals surface area (Å²) in [5.41, 5.74) is 1.46. The lowest BCUT2D eigenvalue weighted by Crippen LogP contribution is -2.42. The van der Waals surface area contributed by atoms with Crippen molar-refractivity contribution in [2.75, 3.05) is 47.0 Å². The van der Waals surface area contributed by atoms with Crippen molar-refractivity contribution < 1.29 is 9.47 Å². The number of guanidine groups is 1. The van der Waals surface area contributed by atoms with E-state index in [0.29, 0.717) is 5.41 Å². The van der Waals surface area contributed by atoms with Crippen LogP contribution in [-0.4, -0.2) is 57.9 Å². The highest BCUT2D eigenvalue weighted by atomic mass is 127. The van der Waals surface area contributed by atoms with E-state index in [1.165, 1.54) is 12.8 Å². The topological polar surface area (TPSA) is 46.1 Å². The molecular formula is C18H27ClIN3O2. The monoisotopic (exact) mass is 479 g/mol. The Labute approximate surface area is 172 Å². The van der Waals surface area contributed by atoms with Crippen molar-refractivity contribution in [1.82, 2.24) is 10.2 Å². The van der Waals surface area contributed by atoms with Crippen LogP contribution in [0, 0.1) is 5.41 Å². The number of aliphatic imine (C=N–C) groups is 1. The Morgan fingerprint density at radius 1 is 1.44 bits per heavy atom. The fourth-order valence-electron chi connectivity index (χ4n) is 3.59. The maximum atomic E-state index is 6.30. The molecule has 7 heteroatoms. The number of likely N-dealkylation sites (tertiary alicyclic amines) is 1. The molecule has 5 nitrogen and oxygen atoms in total. The predicted octanol–water partition coefficient (Wildman–Crippen LogP) is 3.20. The molecule has 25 heavy (non-hydrogen) atoms. The molecule has 3 rings (SSSR count). The lowest BCUT2D eigenvalue weighted by atomic mass is 9.87. The molecule has 140 valence electrons. The number of nitrogens with zero attached hydrogens (tertiary/aromatic N) is 2. The number of methoxy groups -OCH3 is 1. The normalized spacial score (nSPS) is 23.0. The van der Waals surface area contributed by atoms with Gasteiger partial charge in [-0.15, -0.1) is 24.0 Å². The van der Waals surface area contributed by atoms with Gasteiger partial charge in [0.15, 0.2) is 5.96 Å². The predicted molar refractivity (Wildman–Crippen MR) is 113 cm³/mol. The minimum Gasteiger partial charge on any atom is -0.497 e. The van der Waals surface area contributed by atoms with E-state index in [2.05, 4.69) is 15.2 Å². The standard InChI is InChI=1S/C18H26ClN3O2.HI/c1-20-17(22-9-6-18(12-22)7-10-24-13-18)21-8-5-14-3-4-15(23-2)11-16(14)19;/h3-4,11H,5-10,12-13H2,1-2H3,(H,20,21);1H. The van der Waals surface area contributed by atoms with Gasteiger partial charge in [0.05, 0.1) is 13.7 Å². The molecule has 1 atom stereocenters. The molecule has 0 aliphatic carbocycles. The number of halogens is 2. The summed E-state index contributed by atoms with van der Waals surface area (Å²) in [4.78, 5) is 6.79. The third-order valence-electron chi connectivity index (χ3n) is 5.07. The molecule has 1 aromatic rings. The smallest absolute Gasteiger partial charge is 0.193 e. The van der Waals surface area contributed by atoms with Crippen LogP contribution >= 0.6 is 35.6 Å². The minimum atomic E-state index is 0. The van der Waals surface area contributed by atoms with Crippen LogP contribution in [0.4, 0.5) is 0 Å². The SMILES string of the molecule is CN=C(NCCc1ccc(OC)cc1Cl)N1CCC2(CCOC2)C1.I. The van der Waals surface area contributed by atoms with Crippen molar-refractivity contribution >= 4 is 41.5 Å². The lowest BCUT2D eigenvalue weighted by Gasteiger charge is -2.25. The van der Waals surface area contributed by atoms with Crippen molar-refractivity contribution in [1.29, 1.82) is 0 Å². The number of rotatable bonds is 4. The van der Waals surface area contributed by atoms with Crippen molar-refractivity contribution in [2.24, 2.45) is 10.4 Å². The van der Waals surface area contributed by atoms with Gasteiger partial charge in [-0.25, -0.2) is 0 Å². The molecule has 2 aliphatic rings. The molecule has 2 aliphatic heterocycles. The van der Waals surface area contributed by atoms with E-state index in [0.717, 1.165) is 61.6 Å². The maximum Gasteiger partial charge on any atom is 0.193 e. The Balaban J connectivity index is 0.00000225. The molecule has 1 N–H and O–H groups in total. The van der Waals surface area contributed by atoms with Crippen LogP contribution in [0.3, 0.4) is 0 Å². The van der Waals surface area contributed by atoms with Gasteiger partial charge in [0.1, 0.15) is 5.75 Å². The molecule has 0 bridgehead atoms. The fraction of sp³-hybridized carbons (Fsp3) is 0.611. The Kier molecular flexibility index (Phi) is 7.64. The molecule has 1 spiro atoms. The fourth-order valence-corrected chi connectivity index (χ4v) is 3.85. The van der Waals surface area contributed by atoms with Crippen LogP contribution < -0.4 is 10.1 Å². The van der Waals surface area contributed by atoms with E-state index in [4.69, 9.17) is 21.1 Å². The van der Waals surface area contributed by atoms with Crippen molar-refractivity contribution in [3.63, 3.8) is 0 Å². The first-order valence-electron chi connectivity index (χ1n) is 8.51. The van der Waals surface area contributed by atoms with E-state index >= 15 is 0 Å². The van der Waals surface area contributed by atoms with E-state index in [9.17, 15) is 0 Å². The zero-order valence-electron chi connectivity index (χ0n) is 14.9. The zero-order chi connectivity index (χ0) is 17.0. The Morgan fingerprint density at radius 2 is 2.28 bits per heavy atom. The summed E-state index contributed by atoms with van der Waals surface area (Å²) in [5.74, 6) is 1.76. The second kappa shape index (κ2) is 9.28. The van der Waals surface area contributed by atoms with Gasteiger partial charge in [0.2, 0.25) is 0 Å². The highest BCUT2D eigenvalue weighted by Gasteiger charge is 2.42. The summed E-state index contributed by atoms with van der Waals surface area (Å²) in [7, 11) is 3.49. The van der Waals surface area contributed by atoms with Crippen LogP contribution in [0.5, 0.6) is 5.75 Å². The summed E-state index contributed by atoms with van der Waals surface area (Å²) in [6.45, 7) is 4.68. The lowest BCUT2D eigenvalue weighted by molar-refractivity contribution is 0.156. The molecule has 1 unspecified atom stereocenters. The van der Waals surface area contributed by atoms with Gasteiger partial charge in [-0.1, -0.05) is 17.7 Å². The van der Waals surface area contributed by atoms with Gasteiger partial charge in [0.25, 0.3) is 0 Å². The van der Waals surface area contributed by atoms with Crippen LogP contribution in [0.15, 0.2) is 23.2 Å². The largest absolute Gasteiger partial charge is 0.497 e. The second-order valence-corrected chi connectivity index (χ2v) is 7.06. The summed E-state index contributed by atoms with van der Waals surface area (Å²) in [5, 5.41) is 4.21. The van der Waals surface area contributed by atoms with Gasteiger partial charge in [-0.2, -0.15) is 0 Å². The first-order chi connectivity index (χ1) is 11.7. The third kappa shape index (κ3) is 4.92. The number of benzene rings is 1. The van der Waals surface area contributed by atoms with E-state index in [-0.39, 0.29) is 24.0 Å². The highest BCUT2D eigenvalue weighted by Crippen LogP contribution is 2.38. The number of nitrogens with one attached hydrogen (secondary N) is 1. The Bertz CT molecular complexity index is 606. The number of hydrogen-bond acceptors (Lipinski definition) is 3. The molecule has 2 saturated heterocycles. The summed E-state index contributed by atoms with van der Waals surface area (Å²) < 4.78 is 10.8. The van der Waals surface area contributed by atoms with E-state index in [1.807, 2.05) is 25.2 Å². The average molecular weight is 480 g/mol. The van der Waals surface area contributed by atoms with E-state index < -0.39 is 0 Å².